The lowest BCUT2D eigenvalue weighted by atomic mass is 10.0. The van der Waals surface area contributed by atoms with E-state index in [2.05, 4.69) is 24.1 Å². The summed E-state index contributed by atoms with van der Waals surface area (Å²) in [6.45, 7) is 8.73. The Bertz CT molecular complexity index is 262. The largest absolute Gasteiger partial charge is 0.355 e. The van der Waals surface area contributed by atoms with Gasteiger partial charge in [-0.15, -0.1) is 0 Å². The Hall–Kier alpha value is -0.610. The Balaban J connectivity index is 1.94. The van der Waals surface area contributed by atoms with Crippen LogP contribution in [-0.2, 0) is 4.79 Å². The van der Waals surface area contributed by atoms with Crippen LogP contribution in [0.15, 0.2) is 0 Å². The van der Waals surface area contributed by atoms with Crippen molar-refractivity contribution < 1.29 is 4.79 Å². The summed E-state index contributed by atoms with van der Waals surface area (Å²) in [5, 5.41) is 2.95. The van der Waals surface area contributed by atoms with Gasteiger partial charge in [-0.25, -0.2) is 0 Å². The predicted molar refractivity (Wildman–Crippen MR) is 84.6 cm³/mol. The van der Waals surface area contributed by atoms with Crippen molar-refractivity contribution in [1.82, 2.24) is 10.2 Å². The van der Waals surface area contributed by atoms with Crippen molar-refractivity contribution in [3.63, 3.8) is 0 Å². The molecule has 0 aromatic rings. The monoisotopic (exact) mass is 283 g/mol. The number of carbonyl (C=O) groups excluding carboxylic acids is 1. The molecular weight excluding hydrogens is 250 g/mol. The quantitative estimate of drug-likeness (QED) is 0.637. The number of likely N-dealkylation sites (tertiary alicyclic amines) is 1. The summed E-state index contributed by atoms with van der Waals surface area (Å²) in [5.74, 6) is 0.482. The lowest BCUT2D eigenvalue weighted by molar-refractivity contribution is -0.122. The summed E-state index contributed by atoms with van der Waals surface area (Å²) < 4.78 is 0. The maximum atomic E-state index is 11.7. The first-order valence-corrected chi connectivity index (χ1v) is 8.35. The second-order valence-corrected chi connectivity index (χ2v) is 6.49. The molecule has 1 saturated heterocycles. The molecule has 0 bridgehead atoms. The zero-order chi connectivity index (χ0) is 14.8. The van der Waals surface area contributed by atoms with E-state index in [1.165, 1.54) is 51.7 Å². The zero-order valence-electron chi connectivity index (χ0n) is 13.4. The maximum Gasteiger partial charge on any atom is 0.236 e. The summed E-state index contributed by atoms with van der Waals surface area (Å²) in [5.41, 5.74) is 5.84. The first-order chi connectivity index (χ1) is 9.59. The van der Waals surface area contributed by atoms with Crippen molar-refractivity contribution in [3.05, 3.63) is 0 Å². The number of hydrogen-bond donors (Lipinski definition) is 2. The molecule has 1 amide bonds. The number of hydrogen-bond acceptors (Lipinski definition) is 3. The van der Waals surface area contributed by atoms with Gasteiger partial charge in [-0.2, -0.15) is 0 Å². The van der Waals surface area contributed by atoms with E-state index in [0.29, 0.717) is 5.92 Å². The molecular formula is C16H33N3O. The van der Waals surface area contributed by atoms with Crippen molar-refractivity contribution in [1.29, 1.82) is 0 Å². The van der Waals surface area contributed by atoms with E-state index in [9.17, 15) is 4.79 Å². The molecule has 1 heterocycles. The Kier molecular flexibility index (Phi) is 8.86. The molecule has 1 aliphatic rings. The molecule has 3 N–H and O–H groups in total. The zero-order valence-corrected chi connectivity index (χ0v) is 13.4. The highest BCUT2D eigenvalue weighted by Gasteiger charge is 2.14. The fourth-order valence-electron chi connectivity index (χ4n) is 2.78. The van der Waals surface area contributed by atoms with E-state index in [0.717, 1.165) is 19.4 Å². The Labute approximate surface area is 124 Å². The lowest BCUT2D eigenvalue weighted by Crippen LogP contribution is -2.41. The molecule has 0 aromatic heterocycles. The normalized spacial score (nSPS) is 18.2. The van der Waals surface area contributed by atoms with Crippen LogP contribution >= 0.6 is 0 Å². The molecule has 1 rings (SSSR count). The van der Waals surface area contributed by atoms with Crippen LogP contribution in [0, 0.1) is 5.92 Å². The summed E-state index contributed by atoms with van der Waals surface area (Å²) in [7, 11) is 0. The van der Waals surface area contributed by atoms with Gasteiger partial charge < -0.3 is 16.0 Å². The lowest BCUT2D eigenvalue weighted by Gasteiger charge is -2.26. The van der Waals surface area contributed by atoms with E-state index in [1.54, 1.807) is 0 Å². The van der Waals surface area contributed by atoms with Gasteiger partial charge in [0.1, 0.15) is 0 Å². The number of nitrogens with two attached hydrogens (primary N) is 1. The standard InChI is InChI=1S/C16H33N3O/c1-14(2)13-15(17)16(20)18-9-5-3-6-10-19-11-7-4-8-12-19/h14-15H,3-13,17H2,1-2H3,(H,18,20)/t15-/m0/s1. The molecule has 4 heteroatoms. The van der Waals surface area contributed by atoms with Crippen LogP contribution in [0.2, 0.25) is 0 Å². The number of nitrogens with one attached hydrogen (secondary N) is 1. The van der Waals surface area contributed by atoms with Gasteiger partial charge in [0, 0.05) is 6.54 Å². The van der Waals surface area contributed by atoms with Crippen molar-refractivity contribution in [2.75, 3.05) is 26.2 Å². The van der Waals surface area contributed by atoms with Crippen LogP contribution in [0.5, 0.6) is 0 Å². The molecule has 20 heavy (non-hydrogen) atoms. The van der Waals surface area contributed by atoms with Crippen LogP contribution in [0.4, 0.5) is 0 Å². The predicted octanol–water partition coefficient (Wildman–Crippen LogP) is 2.13. The van der Waals surface area contributed by atoms with Crippen molar-refractivity contribution in [2.45, 2.75) is 64.8 Å². The highest BCUT2D eigenvalue weighted by Crippen LogP contribution is 2.09. The first-order valence-electron chi connectivity index (χ1n) is 8.35. The van der Waals surface area contributed by atoms with Gasteiger partial charge in [-0.1, -0.05) is 26.7 Å². The molecule has 4 nitrogen and oxygen atoms in total. The molecule has 0 aliphatic carbocycles. The van der Waals surface area contributed by atoms with Gasteiger partial charge in [0.15, 0.2) is 0 Å². The molecule has 1 aliphatic heterocycles. The minimum atomic E-state index is -0.344. The number of unbranched alkanes of at least 4 members (excludes halogenated alkanes) is 2. The third-order valence-electron chi connectivity index (χ3n) is 3.96. The van der Waals surface area contributed by atoms with Crippen LogP contribution in [0.3, 0.4) is 0 Å². The van der Waals surface area contributed by atoms with Gasteiger partial charge >= 0.3 is 0 Å². The van der Waals surface area contributed by atoms with E-state index in [-0.39, 0.29) is 11.9 Å². The molecule has 0 aromatic carbocycles. The highest BCUT2D eigenvalue weighted by molar-refractivity contribution is 5.81. The van der Waals surface area contributed by atoms with Gasteiger partial charge in [0.25, 0.3) is 0 Å². The number of piperidine rings is 1. The van der Waals surface area contributed by atoms with E-state index in [4.69, 9.17) is 5.73 Å². The fourth-order valence-corrected chi connectivity index (χ4v) is 2.78. The van der Waals surface area contributed by atoms with Gasteiger partial charge in [0.05, 0.1) is 6.04 Å². The SMILES string of the molecule is CC(C)C[C@H](N)C(=O)NCCCCCN1CCCCC1. The molecule has 118 valence electrons. The summed E-state index contributed by atoms with van der Waals surface area (Å²) in [6.07, 6.45) is 8.39. The van der Waals surface area contributed by atoms with Gasteiger partial charge in [-0.05, 0) is 57.7 Å². The summed E-state index contributed by atoms with van der Waals surface area (Å²) >= 11 is 0. The number of nitrogens with zero attached hydrogens (tertiary/aromatic N) is 1. The topological polar surface area (TPSA) is 58.4 Å². The molecule has 1 fully saturated rings. The molecule has 0 unspecified atom stereocenters. The Morgan fingerprint density at radius 2 is 1.85 bits per heavy atom. The van der Waals surface area contributed by atoms with E-state index in [1.807, 2.05) is 0 Å². The summed E-state index contributed by atoms with van der Waals surface area (Å²) in [4.78, 5) is 14.3. The second-order valence-electron chi connectivity index (χ2n) is 6.49. The summed E-state index contributed by atoms with van der Waals surface area (Å²) in [6, 6.07) is -0.344. The van der Waals surface area contributed by atoms with Crippen molar-refractivity contribution in [3.8, 4) is 0 Å². The average Bonchev–Trinajstić information content (AvgIpc) is 2.42. The Morgan fingerprint density at radius 3 is 2.50 bits per heavy atom. The number of carbonyl (C=O) groups is 1. The second kappa shape index (κ2) is 10.2. The molecule has 1 atom stereocenters. The number of amides is 1. The molecule has 0 radical (unpaired) electrons. The first kappa shape index (κ1) is 17.4. The fraction of sp³-hybridized carbons (Fsp3) is 0.938. The third kappa shape index (κ3) is 7.85. The van der Waals surface area contributed by atoms with E-state index < -0.39 is 0 Å². The highest BCUT2D eigenvalue weighted by atomic mass is 16.2. The van der Waals surface area contributed by atoms with Crippen molar-refractivity contribution in [2.24, 2.45) is 11.7 Å². The number of rotatable bonds is 9. The van der Waals surface area contributed by atoms with E-state index >= 15 is 0 Å². The Morgan fingerprint density at radius 1 is 1.15 bits per heavy atom. The van der Waals surface area contributed by atoms with Gasteiger partial charge in [-0.3, -0.25) is 4.79 Å². The van der Waals surface area contributed by atoms with Crippen LogP contribution in [0.1, 0.15) is 58.8 Å². The molecule has 0 saturated carbocycles. The smallest absolute Gasteiger partial charge is 0.236 e. The van der Waals surface area contributed by atoms with Crippen LogP contribution in [-0.4, -0.2) is 43.0 Å². The van der Waals surface area contributed by atoms with Gasteiger partial charge in [0.2, 0.25) is 5.91 Å². The minimum absolute atomic E-state index is 0.00901. The van der Waals surface area contributed by atoms with Crippen LogP contribution < -0.4 is 11.1 Å². The minimum Gasteiger partial charge on any atom is -0.355 e. The maximum absolute atomic E-state index is 11.7. The van der Waals surface area contributed by atoms with Crippen molar-refractivity contribution >= 4 is 5.91 Å². The molecule has 0 spiro atoms. The van der Waals surface area contributed by atoms with Crippen LogP contribution in [0.25, 0.3) is 0 Å². The average molecular weight is 283 g/mol. The third-order valence-corrected chi connectivity index (χ3v) is 3.96.